The summed E-state index contributed by atoms with van der Waals surface area (Å²) >= 11 is 0. The van der Waals surface area contributed by atoms with Crippen molar-refractivity contribution in [2.24, 2.45) is 4.99 Å². The van der Waals surface area contributed by atoms with Crippen LogP contribution in [0.4, 0.5) is 0 Å². The maximum absolute atomic E-state index is 10.4. The van der Waals surface area contributed by atoms with E-state index in [0.29, 0.717) is 11.8 Å². The summed E-state index contributed by atoms with van der Waals surface area (Å²) in [5, 5.41) is 13.9. The number of aromatic hydroxyl groups is 1. The topological polar surface area (TPSA) is 44.6 Å². The number of nitrogens with one attached hydrogen (secondary N) is 1. The van der Waals surface area contributed by atoms with E-state index >= 15 is 0 Å². The van der Waals surface area contributed by atoms with Gasteiger partial charge in [0.1, 0.15) is 5.75 Å². The zero-order valence-electron chi connectivity index (χ0n) is 12.8. The molecule has 20 heavy (non-hydrogen) atoms. The molecule has 1 fully saturated rings. The zero-order valence-corrected chi connectivity index (χ0v) is 12.8. The van der Waals surface area contributed by atoms with Crippen molar-refractivity contribution < 1.29 is 5.11 Å². The van der Waals surface area contributed by atoms with E-state index < -0.39 is 0 Å². The Morgan fingerprint density at radius 3 is 2.90 bits per heavy atom. The van der Waals surface area contributed by atoms with Crippen LogP contribution >= 0.6 is 0 Å². The zero-order chi connectivity index (χ0) is 14.6. The van der Waals surface area contributed by atoms with E-state index in [9.17, 15) is 5.11 Å². The van der Waals surface area contributed by atoms with Gasteiger partial charge in [0.2, 0.25) is 0 Å². The van der Waals surface area contributed by atoms with Crippen molar-refractivity contribution in [3.63, 3.8) is 0 Å². The van der Waals surface area contributed by atoms with Crippen LogP contribution in [0.1, 0.15) is 51.2 Å². The minimum atomic E-state index is -0.0130. The molecule has 0 spiro atoms. The van der Waals surface area contributed by atoms with Crippen LogP contribution in [0.2, 0.25) is 0 Å². The largest absolute Gasteiger partial charge is 0.507 e. The van der Waals surface area contributed by atoms with Gasteiger partial charge in [-0.15, -0.1) is 0 Å². The standard InChI is InChI=1S/C17H26N2O/c1-4-17(2,3)15-9-5-7-13(16(15)20)11-18-12-14-8-6-10-19-14/h5,7,9,11,14,19-20H,4,6,8,10,12H2,1-3H3. The highest BCUT2D eigenvalue weighted by molar-refractivity contribution is 5.84. The van der Waals surface area contributed by atoms with Gasteiger partial charge < -0.3 is 10.4 Å². The molecule has 110 valence electrons. The molecule has 2 N–H and O–H groups in total. The lowest BCUT2D eigenvalue weighted by Gasteiger charge is -2.24. The van der Waals surface area contributed by atoms with E-state index in [-0.39, 0.29) is 5.41 Å². The normalized spacial score (nSPS) is 19.9. The summed E-state index contributed by atoms with van der Waals surface area (Å²) in [5.41, 5.74) is 1.81. The second-order valence-corrected chi connectivity index (χ2v) is 6.27. The first-order valence-electron chi connectivity index (χ1n) is 7.60. The van der Waals surface area contributed by atoms with Crippen molar-refractivity contribution in [1.82, 2.24) is 5.32 Å². The van der Waals surface area contributed by atoms with Crippen LogP contribution in [0.3, 0.4) is 0 Å². The van der Waals surface area contributed by atoms with Crippen LogP contribution in [0.25, 0.3) is 0 Å². The summed E-state index contributed by atoms with van der Waals surface area (Å²) in [6.07, 6.45) is 5.25. The van der Waals surface area contributed by atoms with E-state index in [2.05, 4.69) is 31.1 Å². The number of hydrogen-bond donors (Lipinski definition) is 2. The second kappa shape index (κ2) is 6.40. The van der Waals surface area contributed by atoms with Crippen LogP contribution in [0, 0.1) is 0 Å². The number of hydrogen-bond acceptors (Lipinski definition) is 3. The summed E-state index contributed by atoms with van der Waals surface area (Å²) in [5.74, 6) is 0.377. The lowest BCUT2D eigenvalue weighted by molar-refractivity contribution is 0.428. The van der Waals surface area contributed by atoms with E-state index in [4.69, 9.17) is 0 Å². The Morgan fingerprint density at radius 2 is 2.25 bits per heavy atom. The van der Waals surface area contributed by atoms with Crippen molar-refractivity contribution in [2.45, 2.75) is 51.5 Å². The number of rotatable bonds is 5. The van der Waals surface area contributed by atoms with Crippen LogP contribution in [0.5, 0.6) is 5.75 Å². The van der Waals surface area contributed by atoms with Crippen molar-refractivity contribution in [2.75, 3.05) is 13.1 Å². The fourth-order valence-electron chi connectivity index (χ4n) is 2.59. The number of benzene rings is 1. The van der Waals surface area contributed by atoms with Crippen LogP contribution in [-0.4, -0.2) is 30.5 Å². The lowest BCUT2D eigenvalue weighted by Crippen LogP contribution is -2.24. The Morgan fingerprint density at radius 1 is 1.45 bits per heavy atom. The molecule has 0 aromatic heterocycles. The SMILES string of the molecule is CCC(C)(C)c1cccc(C=NCC2CCCN2)c1O. The highest BCUT2D eigenvalue weighted by Gasteiger charge is 2.22. The molecular formula is C17H26N2O. The predicted molar refractivity (Wildman–Crippen MR) is 84.9 cm³/mol. The van der Waals surface area contributed by atoms with Gasteiger partial charge in [-0.1, -0.05) is 32.9 Å². The fourth-order valence-corrected chi connectivity index (χ4v) is 2.59. The van der Waals surface area contributed by atoms with E-state index in [1.165, 1.54) is 12.8 Å². The van der Waals surface area contributed by atoms with E-state index in [1.807, 2.05) is 24.4 Å². The van der Waals surface area contributed by atoms with Crippen molar-refractivity contribution >= 4 is 6.21 Å². The number of para-hydroxylation sites is 1. The third-order valence-corrected chi connectivity index (χ3v) is 4.40. The van der Waals surface area contributed by atoms with Crippen molar-refractivity contribution in [3.8, 4) is 5.75 Å². The molecule has 2 rings (SSSR count). The van der Waals surface area contributed by atoms with Gasteiger partial charge in [-0.25, -0.2) is 0 Å². The monoisotopic (exact) mass is 274 g/mol. The third kappa shape index (κ3) is 3.40. The predicted octanol–water partition coefficient (Wildman–Crippen LogP) is 3.25. The van der Waals surface area contributed by atoms with Crippen molar-refractivity contribution in [3.05, 3.63) is 29.3 Å². The van der Waals surface area contributed by atoms with E-state index in [0.717, 1.165) is 30.6 Å². The molecule has 1 unspecified atom stereocenters. The molecule has 3 heteroatoms. The number of phenols is 1. The summed E-state index contributed by atoms with van der Waals surface area (Å²) < 4.78 is 0. The van der Waals surface area contributed by atoms with Gasteiger partial charge >= 0.3 is 0 Å². The molecule has 1 atom stereocenters. The van der Waals surface area contributed by atoms with Gasteiger partial charge in [0, 0.05) is 23.4 Å². The quantitative estimate of drug-likeness (QED) is 0.810. The first-order chi connectivity index (χ1) is 9.54. The highest BCUT2D eigenvalue weighted by Crippen LogP contribution is 2.34. The Balaban J connectivity index is 2.12. The van der Waals surface area contributed by atoms with Crippen LogP contribution in [-0.2, 0) is 5.41 Å². The molecule has 0 aliphatic carbocycles. The molecule has 3 nitrogen and oxygen atoms in total. The molecule has 1 aromatic rings. The summed E-state index contributed by atoms with van der Waals surface area (Å²) in [4.78, 5) is 4.49. The van der Waals surface area contributed by atoms with Crippen molar-refractivity contribution in [1.29, 1.82) is 0 Å². The minimum absolute atomic E-state index is 0.0130. The van der Waals surface area contributed by atoms with Gasteiger partial charge in [0.05, 0.1) is 6.54 Å². The average Bonchev–Trinajstić information content (AvgIpc) is 2.93. The van der Waals surface area contributed by atoms with Crippen LogP contribution in [0.15, 0.2) is 23.2 Å². The number of phenolic OH excluding ortho intramolecular Hbond substituents is 1. The number of nitrogens with zero attached hydrogens (tertiary/aromatic N) is 1. The molecule has 1 aromatic carbocycles. The molecule has 0 amide bonds. The van der Waals surface area contributed by atoms with E-state index in [1.54, 1.807) is 0 Å². The summed E-state index contributed by atoms with van der Waals surface area (Å²) in [6.45, 7) is 8.36. The molecule has 0 bridgehead atoms. The lowest BCUT2D eigenvalue weighted by atomic mass is 9.81. The second-order valence-electron chi connectivity index (χ2n) is 6.27. The Labute approximate surface area is 122 Å². The Hall–Kier alpha value is -1.35. The fraction of sp³-hybridized carbons (Fsp3) is 0.588. The first-order valence-corrected chi connectivity index (χ1v) is 7.60. The molecule has 1 heterocycles. The minimum Gasteiger partial charge on any atom is -0.507 e. The maximum Gasteiger partial charge on any atom is 0.128 e. The van der Waals surface area contributed by atoms with Gasteiger partial charge in [-0.3, -0.25) is 4.99 Å². The first kappa shape index (κ1) is 15.0. The van der Waals surface area contributed by atoms with Crippen LogP contribution < -0.4 is 5.32 Å². The molecular weight excluding hydrogens is 248 g/mol. The molecule has 0 saturated carbocycles. The van der Waals surface area contributed by atoms with Gasteiger partial charge in [0.15, 0.2) is 0 Å². The number of aliphatic imine (C=N–C) groups is 1. The smallest absolute Gasteiger partial charge is 0.128 e. The molecule has 1 saturated heterocycles. The van der Waals surface area contributed by atoms with Gasteiger partial charge in [-0.2, -0.15) is 0 Å². The maximum atomic E-state index is 10.4. The van der Waals surface area contributed by atoms with Gasteiger partial charge in [-0.05, 0) is 37.3 Å². The Kier molecular flexibility index (Phi) is 4.81. The molecule has 0 radical (unpaired) electrons. The third-order valence-electron chi connectivity index (χ3n) is 4.40. The highest BCUT2D eigenvalue weighted by atomic mass is 16.3. The summed E-state index contributed by atoms with van der Waals surface area (Å²) in [6, 6.07) is 6.44. The average molecular weight is 274 g/mol. The molecule has 1 aliphatic rings. The Bertz CT molecular complexity index is 474. The summed E-state index contributed by atoms with van der Waals surface area (Å²) in [7, 11) is 0. The molecule has 1 aliphatic heterocycles. The van der Waals surface area contributed by atoms with Gasteiger partial charge in [0.25, 0.3) is 0 Å².